The van der Waals surface area contributed by atoms with Gasteiger partial charge in [-0.05, 0) is 24.1 Å². The van der Waals surface area contributed by atoms with Gasteiger partial charge in [-0.2, -0.15) is 0 Å². The molecular formula is C13H14BrNO. The van der Waals surface area contributed by atoms with Gasteiger partial charge in [0.15, 0.2) is 0 Å². The topological polar surface area (TPSA) is 35.2 Å². The van der Waals surface area contributed by atoms with Crippen LogP contribution in [-0.2, 0) is 0 Å². The number of halogens is 1. The van der Waals surface area contributed by atoms with E-state index in [9.17, 15) is 0 Å². The molecule has 1 unspecified atom stereocenters. The largest absolute Gasteiger partial charge is 0.487 e. The Balaban J connectivity index is 1.94. The fraction of sp³-hybridized carbons (Fsp3) is 0.231. The van der Waals surface area contributed by atoms with Crippen molar-refractivity contribution in [2.24, 2.45) is 0 Å². The highest BCUT2D eigenvalue weighted by molar-refractivity contribution is 9.09. The quantitative estimate of drug-likeness (QED) is 0.681. The van der Waals surface area contributed by atoms with E-state index in [1.807, 2.05) is 24.3 Å². The summed E-state index contributed by atoms with van der Waals surface area (Å²) in [5.41, 5.74) is 7.66. The molecule has 3 heteroatoms. The van der Waals surface area contributed by atoms with Crippen molar-refractivity contribution in [2.45, 2.75) is 11.2 Å². The Hall–Kier alpha value is -1.22. The summed E-state index contributed by atoms with van der Waals surface area (Å²) >= 11 is 3.53. The van der Waals surface area contributed by atoms with E-state index in [0.717, 1.165) is 12.2 Å². The Morgan fingerprint density at radius 1 is 1.38 bits per heavy atom. The smallest absolute Gasteiger partial charge is 0.142 e. The van der Waals surface area contributed by atoms with Gasteiger partial charge in [0.1, 0.15) is 12.4 Å². The maximum absolute atomic E-state index is 5.79. The first-order valence-corrected chi connectivity index (χ1v) is 6.16. The van der Waals surface area contributed by atoms with Gasteiger partial charge < -0.3 is 10.5 Å². The third kappa shape index (κ3) is 2.89. The molecule has 1 atom stereocenters. The number of anilines is 1. The Bertz CT molecular complexity index is 426. The van der Waals surface area contributed by atoms with Gasteiger partial charge in [0.2, 0.25) is 0 Å². The van der Waals surface area contributed by atoms with Gasteiger partial charge in [-0.25, -0.2) is 0 Å². The van der Waals surface area contributed by atoms with Gasteiger partial charge in [0.25, 0.3) is 0 Å². The first-order valence-electron chi connectivity index (χ1n) is 5.24. The molecule has 0 aliphatic heterocycles. The van der Waals surface area contributed by atoms with Crippen molar-refractivity contribution in [3.05, 3.63) is 48.1 Å². The van der Waals surface area contributed by atoms with Crippen molar-refractivity contribution in [3.63, 3.8) is 0 Å². The van der Waals surface area contributed by atoms with Crippen LogP contribution >= 0.6 is 15.9 Å². The van der Waals surface area contributed by atoms with E-state index in [1.54, 1.807) is 0 Å². The molecule has 0 amide bonds. The standard InChI is InChI=1S/C13H14BrNO/c14-11-7-5-10(6-8-11)9-16-13-4-2-1-3-12(13)15/h1-7,11H,8-9,15H2. The molecule has 2 nitrogen and oxygen atoms in total. The molecule has 1 aliphatic rings. The molecule has 0 aromatic heterocycles. The minimum atomic E-state index is 0.457. The van der Waals surface area contributed by atoms with Gasteiger partial charge >= 0.3 is 0 Å². The highest BCUT2D eigenvalue weighted by atomic mass is 79.9. The van der Waals surface area contributed by atoms with E-state index in [-0.39, 0.29) is 0 Å². The molecule has 0 saturated heterocycles. The number of ether oxygens (including phenoxy) is 1. The number of hydrogen-bond acceptors (Lipinski definition) is 2. The average Bonchev–Trinajstić information content (AvgIpc) is 2.30. The number of rotatable bonds is 3. The average molecular weight is 280 g/mol. The van der Waals surface area contributed by atoms with E-state index < -0.39 is 0 Å². The third-order valence-electron chi connectivity index (χ3n) is 2.44. The van der Waals surface area contributed by atoms with Crippen molar-refractivity contribution < 1.29 is 4.74 Å². The molecular weight excluding hydrogens is 266 g/mol. The fourth-order valence-corrected chi connectivity index (χ4v) is 1.86. The molecule has 0 heterocycles. The van der Waals surface area contributed by atoms with E-state index in [4.69, 9.17) is 10.5 Å². The lowest BCUT2D eigenvalue weighted by atomic mass is 10.1. The van der Waals surface area contributed by atoms with Crippen LogP contribution in [0.1, 0.15) is 6.42 Å². The lowest BCUT2D eigenvalue weighted by molar-refractivity contribution is 0.356. The molecule has 16 heavy (non-hydrogen) atoms. The molecule has 1 aliphatic carbocycles. The van der Waals surface area contributed by atoms with Crippen LogP contribution in [0.5, 0.6) is 5.75 Å². The number of allylic oxidation sites excluding steroid dienone is 2. The van der Waals surface area contributed by atoms with E-state index in [1.165, 1.54) is 5.57 Å². The molecule has 0 fully saturated rings. The lowest BCUT2D eigenvalue weighted by Gasteiger charge is -2.12. The minimum absolute atomic E-state index is 0.457. The van der Waals surface area contributed by atoms with Crippen LogP contribution in [-0.4, -0.2) is 11.4 Å². The van der Waals surface area contributed by atoms with Crippen molar-refractivity contribution in [1.29, 1.82) is 0 Å². The normalized spacial score (nSPS) is 19.3. The van der Waals surface area contributed by atoms with E-state index in [2.05, 4.69) is 34.2 Å². The van der Waals surface area contributed by atoms with Gasteiger partial charge in [-0.1, -0.05) is 46.3 Å². The van der Waals surface area contributed by atoms with Gasteiger partial charge in [-0.15, -0.1) is 0 Å². The molecule has 84 valence electrons. The van der Waals surface area contributed by atoms with Crippen LogP contribution in [0.15, 0.2) is 48.1 Å². The minimum Gasteiger partial charge on any atom is -0.487 e. The summed E-state index contributed by atoms with van der Waals surface area (Å²) < 4.78 is 5.65. The van der Waals surface area contributed by atoms with Crippen LogP contribution in [0.4, 0.5) is 5.69 Å². The molecule has 1 aromatic carbocycles. The molecule has 2 rings (SSSR count). The van der Waals surface area contributed by atoms with Crippen LogP contribution in [0.3, 0.4) is 0 Å². The van der Waals surface area contributed by atoms with Crippen molar-refractivity contribution in [2.75, 3.05) is 12.3 Å². The Labute approximate surface area is 104 Å². The maximum Gasteiger partial charge on any atom is 0.142 e. The van der Waals surface area contributed by atoms with Crippen LogP contribution in [0, 0.1) is 0 Å². The molecule has 0 radical (unpaired) electrons. The summed E-state index contributed by atoms with van der Waals surface area (Å²) in [6.07, 6.45) is 7.41. The summed E-state index contributed by atoms with van der Waals surface area (Å²) in [5.74, 6) is 0.748. The predicted octanol–water partition coefficient (Wildman–Crippen LogP) is 3.30. The van der Waals surface area contributed by atoms with Gasteiger partial charge in [-0.3, -0.25) is 0 Å². The molecule has 0 spiro atoms. The monoisotopic (exact) mass is 279 g/mol. The highest BCUT2D eigenvalue weighted by Gasteiger charge is 2.05. The Morgan fingerprint density at radius 2 is 2.19 bits per heavy atom. The number of para-hydroxylation sites is 2. The first-order chi connectivity index (χ1) is 7.75. The second-order valence-electron chi connectivity index (χ2n) is 3.72. The number of nitrogens with two attached hydrogens (primary N) is 1. The van der Waals surface area contributed by atoms with Gasteiger partial charge in [0.05, 0.1) is 5.69 Å². The zero-order valence-electron chi connectivity index (χ0n) is 8.90. The number of hydrogen-bond donors (Lipinski definition) is 1. The SMILES string of the molecule is Nc1ccccc1OCC1=CCC(Br)C=C1. The summed E-state index contributed by atoms with van der Waals surface area (Å²) in [6, 6.07) is 7.55. The summed E-state index contributed by atoms with van der Waals surface area (Å²) in [4.78, 5) is 0.457. The van der Waals surface area contributed by atoms with Crippen LogP contribution < -0.4 is 10.5 Å². The van der Waals surface area contributed by atoms with Crippen molar-refractivity contribution in [1.82, 2.24) is 0 Å². The van der Waals surface area contributed by atoms with Crippen LogP contribution in [0.25, 0.3) is 0 Å². The summed E-state index contributed by atoms with van der Waals surface area (Å²) in [6.45, 7) is 0.574. The second-order valence-corrected chi connectivity index (χ2v) is 4.89. The lowest BCUT2D eigenvalue weighted by Crippen LogP contribution is -2.05. The molecule has 1 aromatic rings. The highest BCUT2D eigenvalue weighted by Crippen LogP contribution is 2.22. The Kier molecular flexibility index (Phi) is 3.67. The summed E-state index contributed by atoms with van der Waals surface area (Å²) in [7, 11) is 0. The van der Waals surface area contributed by atoms with E-state index >= 15 is 0 Å². The predicted molar refractivity (Wildman–Crippen MR) is 70.9 cm³/mol. The maximum atomic E-state index is 5.79. The van der Waals surface area contributed by atoms with Crippen molar-refractivity contribution in [3.8, 4) is 5.75 Å². The van der Waals surface area contributed by atoms with E-state index in [0.29, 0.717) is 17.1 Å². The zero-order valence-corrected chi connectivity index (χ0v) is 10.5. The molecule has 0 saturated carbocycles. The number of benzene rings is 1. The number of alkyl halides is 1. The number of nitrogen functional groups attached to an aromatic ring is 1. The summed E-state index contributed by atoms with van der Waals surface area (Å²) in [5, 5.41) is 0. The van der Waals surface area contributed by atoms with Crippen LogP contribution in [0.2, 0.25) is 0 Å². The fourth-order valence-electron chi connectivity index (χ4n) is 1.52. The molecule has 2 N–H and O–H groups in total. The Morgan fingerprint density at radius 3 is 2.88 bits per heavy atom. The van der Waals surface area contributed by atoms with Gasteiger partial charge in [0, 0.05) is 4.83 Å². The second kappa shape index (κ2) is 5.21. The third-order valence-corrected chi connectivity index (χ3v) is 3.12. The zero-order chi connectivity index (χ0) is 11.4. The first kappa shape index (κ1) is 11.3. The molecule has 0 bridgehead atoms. The van der Waals surface area contributed by atoms with Crippen molar-refractivity contribution >= 4 is 21.6 Å².